The first-order valence-electron chi connectivity index (χ1n) is 20.7. The van der Waals surface area contributed by atoms with E-state index in [0.29, 0.717) is 23.5 Å². The number of rotatable bonds is 8. The highest BCUT2D eigenvalue weighted by Gasteiger charge is 2.41. The smallest absolute Gasteiger partial charge is 0.407 e. The van der Waals surface area contributed by atoms with Crippen molar-refractivity contribution in [2.45, 2.75) is 145 Å². The van der Waals surface area contributed by atoms with Crippen molar-refractivity contribution in [2.24, 2.45) is 23.7 Å². The minimum Gasteiger partial charge on any atom is -0.452 e. The molecule has 1 aromatic rings. The molecule has 2 N–H and O–H groups in total. The Balaban J connectivity index is 2.70. The zero-order valence-corrected chi connectivity index (χ0v) is 40.0. The largest absolute Gasteiger partial charge is 0.452 e. The number of esters is 1. The fourth-order valence-corrected chi connectivity index (χ4v) is 8.68. The standard InChI is InChI=1S/C47H74N2O7SSi/c1-30(2)25-41(54-46(52)48-13)45-49-38(29-57-45)44-35(7)21-18-20-34(6)43(53-14)37(9)40(56-58(15,16)47(10,11)12)24-23-32(4)26-33(5)27-36(8)39(50)28-31(3)19-17-22-42(51)55-44/h17-18,20-24,26-30,35-37,39-41,43-44,50H,19,25H2,1-16H3,(H,48,52)/b21-18+,22-17+,24-23+,31-28+,32-26-,33-27-,34-20+/t35-,36-,37-,39+,40+,41-,43+,44-/m0/s1. The topological polar surface area (TPSA) is 116 Å². The zero-order valence-electron chi connectivity index (χ0n) is 38.2. The molecular formula is C47H74N2O7SSi. The molecule has 0 spiro atoms. The monoisotopic (exact) mass is 838 g/mol. The maximum absolute atomic E-state index is 13.4. The second-order valence-corrected chi connectivity index (χ2v) is 23.5. The van der Waals surface area contributed by atoms with Crippen LogP contribution in [0.15, 0.2) is 88.4 Å². The van der Waals surface area contributed by atoms with Crippen molar-refractivity contribution >= 4 is 31.7 Å². The van der Waals surface area contributed by atoms with Gasteiger partial charge in [-0.15, -0.1) is 11.3 Å². The van der Waals surface area contributed by atoms with Crippen molar-refractivity contribution in [1.82, 2.24) is 10.3 Å². The molecule has 0 radical (unpaired) electrons. The molecule has 1 amide bonds. The number of aliphatic hydroxyl groups excluding tert-OH is 1. The van der Waals surface area contributed by atoms with Crippen LogP contribution in [-0.4, -0.2) is 62.9 Å². The number of amides is 1. The molecule has 1 aliphatic rings. The van der Waals surface area contributed by atoms with Crippen molar-refractivity contribution in [3.05, 3.63) is 99.1 Å². The third kappa shape index (κ3) is 16.4. The average Bonchev–Trinajstić information content (AvgIpc) is 3.61. The van der Waals surface area contributed by atoms with Gasteiger partial charge in [-0.3, -0.25) is 0 Å². The fraction of sp³-hybridized carbons (Fsp3) is 0.596. The first-order chi connectivity index (χ1) is 27.0. The van der Waals surface area contributed by atoms with Gasteiger partial charge in [-0.05, 0) is 70.2 Å². The van der Waals surface area contributed by atoms with Gasteiger partial charge in [0.15, 0.2) is 20.5 Å². The molecule has 2 heterocycles. The van der Waals surface area contributed by atoms with Crippen LogP contribution in [0.2, 0.25) is 18.1 Å². The Morgan fingerprint density at radius 2 is 1.72 bits per heavy atom. The predicted molar refractivity (Wildman–Crippen MR) is 242 cm³/mol. The number of nitrogens with zero attached hydrogens (tertiary/aromatic N) is 1. The minimum absolute atomic E-state index is 0.0138. The van der Waals surface area contributed by atoms with Gasteiger partial charge in [0.2, 0.25) is 0 Å². The molecule has 0 bridgehead atoms. The maximum Gasteiger partial charge on any atom is 0.407 e. The maximum atomic E-state index is 13.4. The van der Waals surface area contributed by atoms with Gasteiger partial charge in [-0.25, -0.2) is 14.6 Å². The Hall–Kier alpha value is -3.35. The molecule has 0 saturated carbocycles. The average molecular weight is 839 g/mol. The number of allylic oxidation sites excluding steroid dienone is 8. The van der Waals surface area contributed by atoms with Gasteiger partial charge in [-0.1, -0.05) is 127 Å². The van der Waals surface area contributed by atoms with Crippen molar-refractivity contribution in [2.75, 3.05) is 14.2 Å². The molecule has 8 atom stereocenters. The number of hydrogen-bond donors (Lipinski definition) is 2. The molecule has 0 aliphatic carbocycles. The summed E-state index contributed by atoms with van der Waals surface area (Å²) in [7, 11) is 1.08. The van der Waals surface area contributed by atoms with Crippen LogP contribution in [0, 0.1) is 23.7 Å². The van der Waals surface area contributed by atoms with Gasteiger partial charge in [0.05, 0.1) is 24.0 Å². The number of hydrogen-bond acceptors (Lipinski definition) is 9. The Morgan fingerprint density at radius 3 is 2.33 bits per heavy atom. The second-order valence-electron chi connectivity index (χ2n) is 17.9. The molecule has 2 rings (SSSR count). The fourth-order valence-electron chi connectivity index (χ4n) is 6.47. The first-order valence-corrected chi connectivity index (χ1v) is 24.4. The lowest BCUT2D eigenvalue weighted by atomic mass is 9.91. The molecule has 58 heavy (non-hydrogen) atoms. The Bertz CT molecular complexity index is 1710. The highest BCUT2D eigenvalue weighted by atomic mass is 32.1. The lowest BCUT2D eigenvalue weighted by Gasteiger charge is -2.41. The van der Waals surface area contributed by atoms with Crippen LogP contribution in [0.25, 0.3) is 0 Å². The second kappa shape index (κ2) is 23.4. The van der Waals surface area contributed by atoms with Crippen molar-refractivity contribution in [1.29, 1.82) is 0 Å². The summed E-state index contributed by atoms with van der Waals surface area (Å²) in [6, 6.07) is 0. The lowest BCUT2D eigenvalue weighted by molar-refractivity contribution is -0.145. The quantitative estimate of drug-likeness (QED) is 0.151. The summed E-state index contributed by atoms with van der Waals surface area (Å²) in [4.78, 5) is 30.5. The molecule has 1 aliphatic heterocycles. The molecule has 0 aromatic carbocycles. The van der Waals surface area contributed by atoms with E-state index in [1.165, 1.54) is 24.5 Å². The summed E-state index contributed by atoms with van der Waals surface area (Å²) in [5.74, 6) is -0.679. The number of ether oxygens (including phenoxy) is 3. The van der Waals surface area contributed by atoms with Gasteiger partial charge >= 0.3 is 12.1 Å². The normalized spacial score (nSPS) is 31.1. The van der Waals surface area contributed by atoms with E-state index in [0.717, 1.165) is 22.3 Å². The molecule has 1 aromatic heterocycles. The number of aliphatic hydroxyl groups is 1. The van der Waals surface area contributed by atoms with Crippen LogP contribution in [0.5, 0.6) is 0 Å². The van der Waals surface area contributed by atoms with Gasteiger partial charge in [0.25, 0.3) is 0 Å². The van der Waals surface area contributed by atoms with E-state index in [4.69, 9.17) is 23.6 Å². The molecule has 324 valence electrons. The highest BCUT2D eigenvalue weighted by molar-refractivity contribution is 7.09. The van der Waals surface area contributed by atoms with Gasteiger partial charge in [-0.2, -0.15) is 0 Å². The molecule has 0 fully saturated rings. The number of alkyl carbamates (subject to hydrolysis) is 1. The summed E-state index contributed by atoms with van der Waals surface area (Å²) < 4.78 is 25.1. The van der Waals surface area contributed by atoms with E-state index in [1.807, 2.05) is 51.3 Å². The number of methoxy groups -OCH3 is 1. The molecular weight excluding hydrogens is 765 g/mol. The van der Waals surface area contributed by atoms with Gasteiger partial charge in [0.1, 0.15) is 5.01 Å². The zero-order chi connectivity index (χ0) is 44.0. The predicted octanol–water partition coefficient (Wildman–Crippen LogP) is 11.7. The minimum atomic E-state index is -2.18. The van der Waals surface area contributed by atoms with Crippen molar-refractivity contribution < 1.29 is 33.3 Å². The SMILES string of the molecule is CNC(=O)O[C@@H](CC(C)C)c1nc([C@H]2OC(=O)/C=C/C/C(C)=C/[C@@H](O)[C@@H](C)\C=C(C)/C=C(C)\C=C\[C@@H](O[Si](C)(C)C(C)(C)C)[C@H](C)[C@H](OC)/C(C)=C/C=C/[C@@H]2C)cs1. The number of nitrogens with one attached hydrogen (secondary N) is 1. The third-order valence-electron chi connectivity index (χ3n) is 10.9. The lowest BCUT2D eigenvalue weighted by Crippen LogP contribution is -2.46. The Kier molecular flexibility index (Phi) is 20.5. The van der Waals surface area contributed by atoms with Gasteiger partial charge in [0, 0.05) is 43.4 Å². The summed E-state index contributed by atoms with van der Waals surface area (Å²) in [5, 5.41) is 16.1. The van der Waals surface area contributed by atoms with E-state index in [9.17, 15) is 14.7 Å². The van der Waals surface area contributed by atoms with E-state index in [-0.39, 0.29) is 40.9 Å². The summed E-state index contributed by atoms with van der Waals surface area (Å²) in [6.45, 7) is 29.7. The first kappa shape index (κ1) is 50.8. The van der Waals surface area contributed by atoms with Crippen molar-refractivity contribution in [3.8, 4) is 0 Å². The third-order valence-corrected chi connectivity index (χ3v) is 16.3. The van der Waals surface area contributed by atoms with E-state index < -0.39 is 38.7 Å². The van der Waals surface area contributed by atoms with Gasteiger partial charge < -0.3 is 29.1 Å². The van der Waals surface area contributed by atoms with E-state index >= 15 is 0 Å². The number of aromatic nitrogens is 1. The summed E-state index contributed by atoms with van der Waals surface area (Å²) in [5.41, 5.74) is 4.68. The highest BCUT2D eigenvalue weighted by Crippen LogP contribution is 2.39. The Morgan fingerprint density at radius 1 is 1.05 bits per heavy atom. The van der Waals surface area contributed by atoms with Crippen LogP contribution in [0.3, 0.4) is 0 Å². The number of cyclic esters (lactones) is 1. The van der Waals surface area contributed by atoms with E-state index in [1.54, 1.807) is 13.2 Å². The number of thiazole rings is 1. The summed E-state index contributed by atoms with van der Waals surface area (Å²) in [6.07, 6.45) is 17.7. The van der Waals surface area contributed by atoms with Crippen LogP contribution in [0.4, 0.5) is 4.79 Å². The van der Waals surface area contributed by atoms with Crippen LogP contribution >= 0.6 is 11.3 Å². The molecule has 0 unspecified atom stereocenters. The summed E-state index contributed by atoms with van der Waals surface area (Å²) >= 11 is 1.38. The van der Waals surface area contributed by atoms with Crippen LogP contribution < -0.4 is 5.32 Å². The number of carbonyl (C=O) groups is 2. The van der Waals surface area contributed by atoms with E-state index in [2.05, 4.69) is 104 Å². The van der Waals surface area contributed by atoms with Crippen LogP contribution in [0.1, 0.15) is 119 Å². The van der Waals surface area contributed by atoms with Crippen molar-refractivity contribution in [3.63, 3.8) is 0 Å². The molecule has 11 heteroatoms. The molecule has 0 saturated heterocycles. The van der Waals surface area contributed by atoms with Crippen LogP contribution in [-0.2, 0) is 23.4 Å². The Labute approximate surface area is 355 Å². The molecule has 9 nitrogen and oxygen atoms in total. The number of carbonyl (C=O) groups excluding carboxylic acids is 2.